The minimum Gasteiger partial charge on any atom is -0.478 e. The van der Waals surface area contributed by atoms with Gasteiger partial charge in [-0.2, -0.15) is 0 Å². The van der Waals surface area contributed by atoms with E-state index in [-0.39, 0.29) is 38.3 Å². The van der Waals surface area contributed by atoms with Crippen LogP contribution in [0.1, 0.15) is 15.9 Å². The average Bonchev–Trinajstić information content (AvgIpc) is 2.19. The fourth-order valence-corrected chi connectivity index (χ4v) is 1.08. The summed E-state index contributed by atoms with van der Waals surface area (Å²) in [5.41, 5.74) is 0.958. The number of rotatable bonds is 4. The Morgan fingerprint density at radius 1 is 1.47 bits per heavy atom. The maximum atomic E-state index is 10.8. The number of carboxylic acids is 1. The molecule has 1 N–H and O–H groups in total. The summed E-state index contributed by atoms with van der Waals surface area (Å²) in [6, 6.07) is 6.76. The van der Waals surface area contributed by atoms with E-state index >= 15 is 0 Å². The smallest absolute Gasteiger partial charge is 0.336 e. The van der Waals surface area contributed by atoms with Crippen molar-refractivity contribution >= 4 is 12.2 Å². The molecule has 0 aliphatic carbocycles. The van der Waals surface area contributed by atoms with Gasteiger partial charge < -0.3 is 10.1 Å². The van der Waals surface area contributed by atoms with E-state index in [9.17, 15) is 4.79 Å². The number of hydrogen-bond acceptors (Lipinski definition) is 2. The minimum atomic E-state index is -0.937. The van der Waals surface area contributed by atoms with E-state index in [0.717, 1.165) is 0 Å². The molecule has 0 aromatic heterocycles. The topological polar surface area (TPSA) is 49.7 Å². The normalized spacial score (nSPS) is 9.60. The molecule has 15 heavy (non-hydrogen) atoms. The molecule has 0 spiro atoms. The summed E-state index contributed by atoms with van der Waals surface area (Å²) in [5, 5.41) is 8.84. The average molecular weight is 277 g/mol. The SMILES string of the molecule is [CH-]=CC=NCc1ccccc1C(=O)O.[Y]. The van der Waals surface area contributed by atoms with Crippen LogP contribution in [0.4, 0.5) is 0 Å². The number of nitrogens with zero attached hydrogens (tertiary/aromatic N) is 1. The van der Waals surface area contributed by atoms with Crippen LogP contribution in [0.25, 0.3) is 0 Å². The van der Waals surface area contributed by atoms with Gasteiger partial charge in [-0.05, 0) is 11.6 Å². The van der Waals surface area contributed by atoms with Crippen molar-refractivity contribution in [1.29, 1.82) is 0 Å². The minimum absolute atomic E-state index is 0. The van der Waals surface area contributed by atoms with Gasteiger partial charge in [0.1, 0.15) is 0 Å². The molecule has 75 valence electrons. The van der Waals surface area contributed by atoms with Gasteiger partial charge >= 0.3 is 5.97 Å². The molecular weight excluding hydrogens is 267 g/mol. The number of carboxylic acid groups (broad SMARTS) is 1. The maximum absolute atomic E-state index is 10.8. The summed E-state index contributed by atoms with van der Waals surface area (Å²) >= 11 is 0. The molecule has 0 unspecified atom stereocenters. The van der Waals surface area contributed by atoms with Crippen molar-refractivity contribution in [3.05, 3.63) is 48.0 Å². The summed E-state index contributed by atoms with van der Waals surface area (Å²) in [6.45, 7) is 5.43. The van der Waals surface area contributed by atoms with Crippen molar-refractivity contribution in [3.8, 4) is 0 Å². The molecule has 4 heteroatoms. The molecule has 1 rings (SSSR count). The molecule has 0 amide bonds. The molecule has 1 radical (unpaired) electrons. The van der Waals surface area contributed by atoms with Gasteiger partial charge in [0.2, 0.25) is 0 Å². The van der Waals surface area contributed by atoms with E-state index in [1.54, 1.807) is 24.3 Å². The first-order valence-electron chi connectivity index (χ1n) is 4.10. The zero-order valence-electron chi connectivity index (χ0n) is 8.13. The van der Waals surface area contributed by atoms with Crippen LogP contribution < -0.4 is 0 Å². The number of aliphatic imine (C=N–C) groups is 1. The third-order valence-corrected chi connectivity index (χ3v) is 1.70. The Balaban J connectivity index is 0.00000196. The van der Waals surface area contributed by atoms with Crippen LogP contribution in [-0.2, 0) is 39.3 Å². The van der Waals surface area contributed by atoms with Gasteiger partial charge in [-0.1, -0.05) is 18.2 Å². The van der Waals surface area contributed by atoms with Gasteiger partial charge in [0, 0.05) is 39.3 Å². The Hall–Kier alpha value is -0.796. The summed E-state index contributed by atoms with van der Waals surface area (Å²) in [4.78, 5) is 14.7. The first-order valence-corrected chi connectivity index (χ1v) is 4.10. The zero-order valence-corrected chi connectivity index (χ0v) is 11.0. The molecule has 0 aliphatic rings. The van der Waals surface area contributed by atoms with Crippen LogP contribution in [0, 0.1) is 6.58 Å². The first-order chi connectivity index (χ1) is 6.75. The Kier molecular flexibility index (Phi) is 7.09. The molecule has 0 heterocycles. The fourth-order valence-electron chi connectivity index (χ4n) is 1.08. The molecular formula is C11H10NO2Y-. The first kappa shape index (κ1) is 14.2. The Labute approximate surface area is 114 Å². The number of allylic oxidation sites excluding steroid dienone is 1. The number of hydrogen-bond donors (Lipinski definition) is 1. The second kappa shape index (κ2) is 7.49. The van der Waals surface area contributed by atoms with E-state index in [4.69, 9.17) is 11.7 Å². The maximum Gasteiger partial charge on any atom is 0.336 e. The van der Waals surface area contributed by atoms with Crippen LogP contribution in [-0.4, -0.2) is 17.3 Å². The van der Waals surface area contributed by atoms with Crippen LogP contribution in [0.3, 0.4) is 0 Å². The van der Waals surface area contributed by atoms with Crippen LogP contribution in [0.2, 0.25) is 0 Å². The summed E-state index contributed by atoms with van der Waals surface area (Å²) < 4.78 is 0. The Morgan fingerprint density at radius 2 is 2.13 bits per heavy atom. The van der Waals surface area contributed by atoms with E-state index < -0.39 is 5.97 Å². The molecule has 0 saturated heterocycles. The molecule has 3 nitrogen and oxygen atoms in total. The largest absolute Gasteiger partial charge is 0.478 e. The second-order valence-electron chi connectivity index (χ2n) is 2.64. The summed E-state index contributed by atoms with van der Waals surface area (Å²) in [7, 11) is 0. The standard InChI is InChI=1S/C11H10NO2.Y/c1-2-7-12-8-9-5-3-4-6-10(9)11(13)14;/h1-7H,8H2,(H,13,14);/q-1;. The van der Waals surface area contributed by atoms with Crippen molar-refractivity contribution < 1.29 is 42.6 Å². The van der Waals surface area contributed by atoms with Gasteiger partial charge in [-0.3, -0.25) is 6.58 Å². The predicted molar refractivity (Wildman–Crippen MR) is 54.5 cm³/mol. The van der Waals surface area contributed by atoms with Crippen LogP contribution in [0.5, 0.6) is 0 Å². The van der Waals surface area contributed by atoms with E-state index in [1.165, 1.54) is 12.3 Å². The Bertz CT molecular complexity index is 375. The molecule has 0 bridgehead atoms. The van der Waals surface area contributed by atoms with Gasteiger partial charge in [-0.15, -0.1) is 6.21 Å². The second-order valence-corrected chi connectivity index (χ2v) is 2.64. The quantitative estimate of drug-likeness (QED) is 0.675. The van der Waals surface area contributed by atoms with E-state index in [1.807, 2.05) is 0 Å². The van der Waals surface area contributed by atoms with Gasteiger partial charge in [-0.25, -0.2) is 10.9 Å². The number of aromatic carboxylic acids is 1. The van der Waals surface area contributed by atoms with Crippen molar-refractivity contribution in [2.75, 3.05) is 0 Å². The van der Waals surface area contributed by atoms with E-state index in [0.29, 0.717) is 12.1 Å². The van der Waals surface area contributed by atoms with Crippen molar-refractivity contribution in [3.63, 3.8) is 0 Å². The van der Waals surface area contributed by atoms with Gasteiger partial charge in [0.05, 0.1) is 5.56 Å². The summed E-state index contributed by atoms with van der Waals surface area (Å²) in [6.07, 6.45) is 2.75. The molecule has 1 aromatic carbocycles. The van der Waals surface area contributed by atoms with Gasteiger partial charge in [0.25, 0.3) is 0 Å². The van der Waals surface area contributed by atoms with Crippen molar-refractivity contribution in [1.82, 2.24) is 0 Å². The third-order valence-electron chi connectivity index (χ3n) is 1.70. The van der Waals surface area contributed by atoms with Crippen molar-refractivity contribution in [2.24, 2.45) is 4.99 Å². The molecule has 0 aliphatic heterocycles. The number of carbonyl (C=O) groups is 1. The van der Waals surface area contributed by atoms with Crippen molar-refractivity contribution in [2.45, 2.75) is 6.54 Å². The molecule has 0 fully saturated rings. The van der Waals surface area contributed by atoms with Crippen LogP contribution in [0.15, 0.2) is 35.3 Å². The third kappa shape index (κ3) is 4.49. The predicted octanol–water partition coefficient (Wildman–Crippen LogP) is 1.94. The monoisotopic (exact) mass is 277 g/mol. The molecule has 0 saturated carbocycles. The number of benzene rings is 1. The Morgan fingerprint density at radius 3 is 2.73 bits per heavy atom. The van der Waals surface area contributed by atoms with E-state index in [2.05, 4.69) is 4.99 Å². The molecule has 1 aromatic rings. The van der Waals surface area contributed by atoms with Crippen LogP contribution >= 0.6 is 0 Å². The zero-order chi connectivity index (χ0) is 10.4. The molecule has 0 atom stereocenters. The fraction of sp³-hybridized carbons (Fsp3) is 0.0909. The van der Waals surface area contributed by atoms with Gasteiger partial charge in [0.15, 0.2) is 0 Å². The summed E-state index contributed by atoms with van der Waals surface area (Å²) in [5.74, 6) is -0.937.